The van der Waals surface area contributed by atoms with Crippen molar-refractivity contribution < 1.29 is 4.57 Å². The van der Waals surface area contributed by atoms with E-state index in [1.165, 1.54) is 13.0 Å². The van der Waals surface area contributed by atoms with Crippen molar-refractivity contribution in [1.82, 2.24) is 9.47 Å². The van der Waals surface area contributed by atoms with Crippen LogP contribution in [-0.4, -0.2) is 22.6 Å². The summed E-state index contributed by atoms with van der Waals surface area (Å²) in [4.78, 5) is 2.43. The van der Waals surface area contributed by atoms with E-state index >= 15 is 0 Å². The maximum atomic E-state index is 2.43. The minimum Gasteiger partial charge on any atom is -0.267 e. The van der Waals surface area contributed by atoms with Gasteiger partial charge in [0.2, 0.25) is 6.33 Å². The third-order valence-corrected chi connectivity index (χ3v) is 2.22. The predicted octanol–water partition coefficient (Wildman–Crippen LogP) is 0.180. The largest absolute Gasteiger partial charge is 0.267 e. The first-order valence-electron chi connectivity index (χ1n) is 4.39. The summed E-state index contributed by atoms with van der Waals surface area (Å²) in [6, 6.07) is 0. The first kappa shape index (κ1) is 7.80. The fourth-order valence-electron chi connectivity index (χ4n) is 1.58. The monoisotopic (exact) mass is 165 g/mol. The second kappa shape index (κ2) is 3.27. The molecule has 0 atom stereocenters. The van der Waals surface area contributed by atoms with Gasteiger partial charge in [-0.3, -0.25) is 4.90 Å². The molecule has 0 aromatic carbocycles. The van der Waals surface area contributed by atoms with Gasteiger partial charge in [0.25, 0.3) is 0 Å². The first-order valence-corrected chi connectivity index (χ1v) is 4.39. The number of aromatic nitrogens is 2. The molecule has 0 unspecified atom stereocenters. The van der Waals surface area contributed by atoms with Gasteiger partial charge in [-0.1, -0.05) is 0 Å². The molecule has 1 aliphatic heterocycles. The Balaban J connectivity index is 1.94. The van der Waals surface area contributed by atoms with Crippen LogP contribution in [0.25, 0.3) is 0 Å². The van der Waals surface area contributed by atoms with Gasteiger partial charge in [0.1, 0.15) is 19.1 Å². The zero-order chi connectivity index (χ0) is 8.39. The standard InChI is InChI=1S/C9H15N3/c1-10-6-7-12(8-10)9-11-4-2-3-5-11/h2,6-8H,3-5,9H2,1H3/q+1. The number of rotatable bonds is 2. The van der Waals surface area contributed by atoms with Crippen molar-refractivity contribution in [2.45, 2.75) is 13.1 Å². The van der Waals surface area contributed by atoms with Gasteiger partial charge in [-0.25, -0.2) is 9.13 Å². The normalized spacial score (nSPS) is 18.8. The highest BCUT2D eigenvalue weighted by molar-refractivity contribution is 4.80. The molecule has 0 aliphatic carbocycles. The molecule has 3 nitrogen and oxygen atoms in total. The molecule has 1 aliphatic rings. The van der Waals surface area contributed by atoms with E-state index in [2.05, 4.69) is 39.2 Å². The van der Waals surface area contributed by atoms with Crippen LogP contribution >= 0.6 is 0 Å². The fourth-order valence-corrected chi connectivity index (χ4v) is 1.58. The second-order valence-corrected chi connectivity index (χ2v) is 3.39. The molecule has 0 spiro atoms. The van der Waals surface area contributed by atoms with E-state index in [-0.39, 0.29) is 0 Å². The number of hydrogen-bond donors (Lipinski definition) is 0. The molecule has 2 rings (SSSR count). The lowest BCUT2D eigenvalue weighted by atomic mass is 10.4. The van der Waals surface area contributed by atoms with Gasteiger partial charge in [-0.15, -0.1) is 0 Å². The number of hydrogen-bond acceptors (Lipinski definition) is 1. The van der Waals surface area contributed by atoms with Crippen LogP contribution in [0.2, 0.25) is 0 Å². The molecule has 12 heavy (non-hydrogen) atoms. The highest BCUT2D eigenvalue weighted by atomic mass is 15.3. The van der Waals surface area contributed by atoms with Gasteiger partial charge in [0.05, 0.1) is 7.05 Å². The van der Waals surface area contributed by atoms with Crippen LogP contribution in [0.15, 0.2) is 18.7 Å². The molecular formula is C9H15N3+. The van der Waals surface area contributed by atoms with Crippen molar-refractivity contribution >= 4 is 0 Å². The third kappa shape index (κ3) is 1.67. The topological polar surface area (TPSA) is 12.0 Å². The lowest BCUT2D eigenvalue weighted by Gasteiger charge is -2.10. The van der Waals surface area contributed by atoms with Crippen molar-refractivity contribution in [3.63, 3.8) is 0 Å². The maximum Gasteiger partial charge on any atom is 0.244 e. The molecule has 1 aromatic heterocycles. The summed E-state index contributed by atoms with van der Waals surface area (Å²) in [5, 5.41) is 0. The lowest BCUT2D eigenvalue weighted by Crippen LogP contribution is -2.26. The fraction of sp³-hybridized carbons (Fsp3) is 0.556. The van der Waals surface area contributed by atoms with Crippen LogP contribution < -0.4 is 4.57 Å². The van der Waals surface area contributed by atoms with Gasteiger partial charge in [0, 0.05) is 13.1 Å². The zero-order valence-corrected chi connectivity index (χ0v) is 7.48. The Labute approximate surface area is 73.2 Å². The van der Waals surface area contributed by atoms with Crippen LogP contribution in [0, 0.1) is 6.42 Å². The Morgan fingerprint density at radius 3 is 3.00 bits per heavy atom. The van der Waals surface area contributed by atoms with Gasteiger partial charge in [-0.2, -0.15) is 0 Å². The van der Waals surface area contributed by atoms with Crippen LogP contribution in [-0.2, 0) is 13.7 Å². The molecule has 0 bridgehead atoms. The van der Waals surface area contributed by atoms with Crippen LogP contribution in [0.4, 0.5) is 0 Å². The first-order chi connectivity index (χ1) is 5.84. The van der Waals surface area contributed by atoms with Crippen LogP contribution in [0.1, 0.15) is 6.42 Å². The van der Waals surface area contributed by atoms with Crippen molar-refractivity contribution in [2.75, 3.05) is 13.1 Å². The SMILES string of the molecule is C[n+]1ccn(CN2C[CH]CC2)c1. The van der Waals surface area contributed by atoms with E-state index in [4.69, 9.17) is 0 Å². The molecule has 0 N–H and O–H groups in total. The molecule has 1 saturated heterocycles. The van der Waals surface area contributed by atoms with E-state index in [1.54, 1.807) is 0 Å². The summed E-state index contributed by atoms with van der Waals surface area (Å²) in [6.45, 7) is 3.38. The van der Waals surface area contributed by atoms with E-state index in [0.29, 0.717) is 0 Å². The minimum absolute atomic E-state index is 1.03. The maximum absolute atomic E-state index is 2.43. The van der Waals surface area contributed by atoms with E-state index in [9.17, 15) is 0 Å². The Kier molecular flexibility index (Phi) is 2.13. The van der Waals surface area contributed by atoms with Crippen molar-refractivity contribution in [2.24, 2.45) is 7.05 Å². The van der Waals surface area contributed by atoms with Crippen molar-refractivity contribution in [1.29, 1.82) is 0 Å². The Morgan fingerprint density at radius 1 is 1.50 bits per heavy atom. The molecule has 2 heterocycles. The summed E-state index contributed by atoms with van der Waals surface area (Å²) in [6.07, 6.45) is 9.87. The number of aryl methyl sites for hydroxylation is 1. The molecular weight excluding hydrogens is 150 g/mol. The average Bonchev–Trinajstić information content (AvgIpc) is 2.63. The summed E-state index contributed by atoms with van der Waals surface area (Å²) >= 11 is 0. The van der Waals surface area contributed by atoms with Crippen molar-refractivity contribution in [3.8, 4) is 0 Å². The van der Waals surface area contributed by atoms with Gasteiger partial charge >= 0.3 is 0 Å². The zero-order valence-electron chi connectivity index (χ0n) is 7.48. The second-order valence-electron chi connectivity index (χ2n) is 3.39. The molecule has 65 valence electrons. The van der Waals surface area contributed by atoms with Gasteiger partial charge in [-0.05, 0) is 12.8 Å². The smallest absolute Gasteiger partial charge is 0.244 e. The third-order valence-electron chi connectivity index (χ3n) is 2.22. The summed E-state index contributed by atoms with van der Waals surface area (Å²) in [5.74, 6) is 0. The van der Waals surface area contributed by atoms with E-state index in [1.807, 2.05) is 7.05 Å². The molecule has 1 fully saturated rings. The van der Waals surface area contributed by atoms with Crippen LogP contribution in [0.5, 0.6) is 0 Å². The summed E-state index contributed by atoms with van der Waals surface area (Å²) in [5.41, 5.74) is 0. The summed E-state index contributed by atoms with van der Waals surface area (Å²) < 4.78 is 4.28. The molecule has 0 amide bonds. The number of nitrogens with zero attached hydrogens (tertiary/aromatic N) is 3. The number of likely N-dealkylation sites (tertiary alicyclic amines) is 1. The summed E-state index contributed by atoms with van der Waals surface area (Å²) in [7, 11) is 2.05. The predicted molar refractivity (Wildman–Crippen MR) is 46.1 cm³/mol. The molecule has 3 heteroatoms. The quantitative estimate of drug-likeness (QED) is 0.569. The van der Waals surface area contributed by atoms with Gasteiger partial charge < -0.3 is 0 Å². The Bertz CT molecular complexity index is 248. The number of imidazole rings is 1. The average molecular weight is 165 g/mol. The minimum atomic E-state index is 1.03. The Hall–Kier alpha value is -0.830. The van der Waals surface area contributed by atoms with E-state index < -0.39 is 0 Å². The Morgan fingerprint density at radius 2 is 2.42 bits per heavy atom. The molecule has 0 saturated carbocycles. The highest BCUT2D eigenvalue weighted by Crippen LogP contribution is 2.06. The van der Waals surface area contributed by atoms with E-state index in [0.717, 1.165) is 13.2 Å². The molecule has 1 radical (unpaired) electrons. The lowest BCUT2D eigenvalue weighted by molar-refractivity contribution is -0.671. The molecule has 1 aromatic rings. The highest BCUT2D eigenvalue weighted by Gasteiger charge is 2.13. The van der Waals surface area contributed by atoms with Crippen molar-refractivity contribution in [3.05, 3.63) is 25.1 Å². The van der Waals surface area contributed by atoms with Gasteiger partial charge in [0.15, 0.2) is 0 Å². The van der Waals surface area contributed by atoms with Crippen LogP contribution in [0.3, 0.4) is 0 Å².